The van der Waals surface area contributed by atoms with Crippen LogP contribution in [0.3, 0.4) is 0 Å². The molecule has 2 rings (SSSR count). The molecule has 1 aliphatic rings. The molecule has 62 valence electrons. The highest BCUT2D eigenvalue weighted by atomic mass is 14.9. The van der Waals surface area contributed by atoms with E-state index in [0.29, 0.717) is 5.82 Å². The van der Waals surface area contributed by atoms with Crippen LogP contribution in [0.1, 0.15) is 5.56 Å². The highest BCUT2D eigenvalue weighted by Crippen LogP contribution is 2.05. The second-order valence-electron chi connectivity index (χ2n) is 2.66. The number of nitrogens with zero attached hydrogens (tertiary/aromatic N) is 1. The highest BCUT2D eigenvalue weighted by Gasteiger charge is 2.00. The van der Waals surface area contributed by atoms with Crippen molar-refractivity contribution in [3.05, 3.63) is 59.3 Å². The standard InChI is InChI=1S/C11H8N2/c12-11-8-4-7-10(13-11)9-5-2-1-3-6-9/h1-3,5-7H,(H2,12,13). The molecule has 13 heavy (non-hydrogen) atoms. The molecule has 0 fully saturated rings. The SMILES string of the molecule is NC1=C=C=CC(c2ccccc2)=N1. The maximum Gasteiger partial charge on any atom is 0.176 e. The summed E-state index contributed by atoms with van der Waals surface area (Å²) in [5.41, 5.74) is 12.9. The fourth-order valence-corrected chi connectivity index (χ4v) is 1.13. The van der Waals surface area contributed by atoms with Gasteiger partial charge in [-0.05, 0) is 5.73 Å². The van der Waals surface area contributed by atoms with Crippen LogP contribution < -0.4 is 5.73 Å². The zero-order valence-corrected chi connectivity index (χ0v) is 6.99. The first kappa shape index (κ1) is 7.63. The van der Waals surface area contributed by atoms with Gasteiger partial charge in [0.25, 0.3) is 0 Å². The first-order chi connectivity index (χ1) is 6.36. The van der Waals surface area contributed by atoms with Gasteiger partial charge >= 0.3 is 0 Å². The highest BCUT2D eigenvalue weighted by molar-refractivity contribution is 6.09. The van der Waals surface area contributed by atoms with Gasteiger partial charge in [0.2, 0.25) is 0 Å². The number of hydrogen-bond donors (Lipinski definition) is 1. The van der Waals surface area contributed by atoms with Crippen LogP contribution in [0.25, 0.3) is 0 Å². The van der Waals surface area contributed by atoms with Crippen molar-refractivity contribution in [2.24, 2.45) is 10.7 Å². The molecular formula is C11H8N2. The molecule has 1 aliphatic heterocycles. The molecule has 0 amide bonds. The number of aliphatic imine (C=N–C) groups is 1. The van der Waals surface area contributed by atoms with Crippen LogP contribution in [-0.4, -0.2) is 5.71 Å². The third kappa shape index (κ3) is 1.60. The Kier molecular flexibility index (Phi) is 1.85. The molecule has 0 aromatic heterocycles. The van der Waals surface area contributed by atoms with Gasteiger partial charge in [-0.3, -0.25) is 0 Å². The van der Waals surface area contributed by atoms with E-state index in [-0.39, 0.29) is 0 Å². The van der Waals surface area contributed by atoms with Crippen molar-refractivity contribution in [3.63, 3.8) is 0 Å². The van der Waals surface area contributed by atoms with Gasteiger partial charge in [0.05, 0.1) is 5.71 Å². The monoisotopic (exact) mass is 168 g/mol. The summed E-state index contributed by atoms with van der Waals surface area (Å²) in [7, 11) is 0. The first-order valence-electron chi connectivity index (χ1n) is 3.97. The van der Waals surface area contributed by atoms with Crippen molar-refractivity contribution >= 4 is 5.71 Å². The van der Waals surface area contributed by atoms with Crippen LogP contribution in [0, 0.1) is 0 Å². The molecule has 0 radical (unpaired) electrons. The van der Waals surface area contributed by atoms with Crippen molar-refractivity contribution in [1.29, 1.82) is 0 Å². The Morgan fingerprint density at radius 3 is 2.62 bits per heavy atom. The maximum atomic E-state index is 5.50. The molecule has 2 nitrogen and oxygen atoms in total. The van der Waals surface area contributed by atoms with Crippen molar-refractivity contribution in [3.8, 4) is 0 Å². The van der Waals surface area contributed by atoms with Crippen molar-refractivity contribution in [2.45, 2.75) is 0 Å². The van der Waals surface area contributed by atoms with E-state index in [0.717, 1.165) is 11.3 Å². The topological polar surface area (TPSA) is 38.4 Å². The van der Waals surface area contributed by atoms with Gasteiger partial charge in [-0.2, -0.15) is 0 Å². The normalized spacial score (nSPS) is 13.8. The van der Waals surface area contributed by atoms with E-state index in [9.17, 15) is 0 Å². The second kappa shape index (κ2) is 3.16. The van der Waals surface area contributed by atoms with E-state index in [1.54, 1.807) is 6.08 Å². The van der Waals surface area contributed by atoms with Gasteiger partial charge in [-0.25, -0.2) is 4.99 Å². The second-order valence-corrected chi connectivity index (χ2v) is 2.66. The van der Waals surface area contributed by atoms with Crippen LogP contribution in [-0.2, 0) is 0 Å². The molecule has 0 unspecified atom stereocenters. The smallest absolute Gasteiger partial charge is 0.176 e. The summed E-state index contributed by atoms with van der Waals surface area (Å²) in [4.78, 5) is 4.13. The van der Waals surface area contributed by atoms with Crippen molar-refractivity contribution in [2.75, 3.05) is 0 Å². The molecule has 0 saturated heterocycles. The largest absolute Gasteiger partial charge is 0.377 e. The number of rotatable bonds is 1. The van der Waals surface area contributed by atoms with E-state index in [1.165, 1.54) is 0 Å². The lowest BCUT2D eigenvalue weighted by molar-refractivity contribution is 1.25. The average molecular weight is 168 g/mol. The molecule has 2 heteroatoms. The Hall–Kier alpha value is -2.01. The summed E-state index contributed by atoms with van der Waals surface area (Å²) < 4.78 is 0. The average Bonchev–Trinajstić information content (AvgIpc) is 2.19. The number of benzene rings is 1. The Labute approximate surface area is 76.4 Å². The van der Waals surface area contributed by atoms with Crippen LogP contribution in [0.5, 0.6) is 0 Å². The number of allylic oxidation sites excluding steroid dienone is 1. The van der Waals surface area contributed by atoms with E-state index in [4.69, 9.17) is 5.73 Å². The predicted octanol–water partition coefficient (Wildman–Crippen LogP) is 1.60. The molecule has 0 atom stereocenters. The van der Waals surface area contributed by atoms with E-state index in [2.05, 4.69) is 16.5 Å². The Balaban J connectivity index is 2.43. The third-order valence-electron chi connectivity index (χ3n) is 1.72. The van der Waals surface area contributed by atoms with Gasteiger partial charge in [-0.1, -0.05) is 36.1 Å². The minimum absolute atomic E-state index is 0.376. The lowest BCUT2D eigenvalue weighted by Gasteiger charge is -2.00. The van der Waals surface area contributed by atoms with Crippen LogP contribution in [0.2, 0.25) is 0 Å². The summed E-state index contributed by atoms with van der Waals surface area (Å²) in [5, 5.41) is 0. The summed E-state index contributed by atoms with van der Waals surface area (Å²) in [6, 6.07) is 9.85. The summed E-state index contributed by atoms with van der Waals surface area (Å²) >= 11 is 0. The Bertz CT molecular complexity index is 442. The molecule has 1 aromatic carbocycles. The first-order valence-corrected chi connectivity index (χ1v) is 3.97. The quantitative estimate of drug-likeness (QED) is 0.635. The molecule has 0 saturated carbocycles. The van der Waals surface area contributed by atoms with Gasteiger partial charge in [-0.15, -0.1) is 0 Å². The van der Waals surface area contributed by atoms with Crippen molar-refractivity contribution < 1.29 is 0 Å². The maximum absolute atomic E-state index is 5.50. The van der Waals surface area contributed by atoms with E-state index in [1.807, 2.05) is 30.3 Å². The summed E-state index contributed by atoms with van der Waals surface area (Å²) in [6.07, 6.45) is 1.77. The van der Waals surface area contributed by atoms with Crippen LogP contribution in [0.15, 0.2) is 58.7 Å². The fourth-order valence-electron chi connectivity index (χ4n) is 1.13. The molecule has 0 spiro atoms. The zero-order valence-electron chi connectivity index (χ0n) is 6.99. The predicted molar refractivity (Wildman–Crippen MR) is 52.3 cm³/mol. The lowest BCUT2D eigenvalue weighted by atomic mass is 10.1. The van der Waals surface area contributed by atoms with Gasteiger partial charge in [0.15, 0.2) is 5.82 Å². The van der Waals surface area contributed by atoms with E-state index < -0.39 is 0 Å². The number of nitrogens with two attached hydrogens (primary N) is 1. The molecule has 2 N–H and O–H groups in total. The molecule has 1 aromatic rings. The van der Waals surface area contributed by atoms with Crippen LogP contribution >= 0.6 is 0 Å². The molecule has 0 aliphatic carbocycles. The Morgan fingerprint density at radius 1 is 1.15 bits per heavy atom. The fraction of sp³-hybridized carbons (Fsp3) is 0. The minimum Gasteiger partial charge on any atom is -0.377 e. The van der Waals surface area contributed by atoms with Gasteiger partial charge < -0.3 is 5.73 Å². The third-order valence-corrected chi connectivity index (χ3v) is 1.72. The molecule has 1 heterocycles. The summed E-state index contributed by atoms with van der Waals surface area (Å²) in [6.45, 7) is 0. The summed E-state index contributed by atoms with van der Waals surface area (Å²) in [5.74, 6) is 0.376. The van der Waals surface area contributed by atoms with Gasteiger partial charge in [0.1, 0.15) is 0 Å². The van der Waals surface area contributed by atoms with Crippen LogP contribution in [0.4, 0.5) is 0 Å². The zero-order chi connectivity index (χ0) is 9.10. The minimum atomic E-state index is 0.376. The van der Waals surface area contributed by atoms with Crippen molar-refractivity contribution in [1.82, 2.24) is 0 Å². The molecule has 0 bridgehead atoms. The lowest BCUT2D eigenvalue weighted by Crippen LogP contribution is -2.02. The molecular weight excluding hydrogens is 160 g/mol. The van der Waals surface area contributed by atoms with Gasteiger partial charge in [0, 0.05) is 11.6 Å². The van der Waals surface area contributed by atoms with E-state index >= 15 is 0 Å². The Morgan fingerprint density at radius 2 is 1.92 bits per heavy atom. The number of hydrogen-bond acceptors (Lipinski definition) is 2.